The number of imide groups is 1. The van der Waals surface area contributed by atoms with Gasteiger partial charge in [0.2, 0.25) is 11.7 Å². The zero-order chi connectivity index (χ0) is 12.1. The Morgan fingerprint density at radius 3 is 2.56 bits per heavy atom. The van der Waals surface area contributed by atoms with E-state index in [2.05, 4.69) is 4.79 Å². The van der Waals surface area contributed by atoms with Gasteiger partial charge in [-0.2, -0.15) is 4.79 Å². The first-order valence-corrected chi connectivity index (χ1v) is 5.15. The fourth-order valence-corrected chi connectivity index (χ4v) is 1.59. The number of likely N-dealkylation sites (tertiary alicyclic amines) is 1. The van der Waals surface area contributed by atoms with Gasteiger partial charge in [0.15, 0.2) is 0 Å². The first kappa shape index (κ1) is 12.3. The summed E-state index contributed by atoms with van der Waals surface area (Å²) in [6.45, 7) is 1.40. The van der Waals surface area contributed by atoms with Gasteiger partial charge in [0.25, 0.3) is 0 Å². The Labute approximate surface area is 92.8 Å². The summed E-state index contributed by atoms with van der Waals surface area (Å²) in [7, 11) is 0. The van der Waals surface area contributed by atoms with Gasteiger partial charge in [-0.1, -0.05) is 6.42 Å². The van der Waals surface area contributed by atoms with Gasteiger partial charge in [-0.05, 0) is 12.8 Å². The molecule has 0 aromatic carbocycles. The van der Waals surface area contributed by atoms with Crippen LogP contribution in [0, 0.1) is 0 Å². The van der Waals surface area contributed by atoms with E-state index < -0.39 is 17.4 Å². The van der Waals surface area contributed by atoms with E-state index in [0.29, 0.717) is 12.8 Å². The number of carbonyl (C=O) groups is 3. The van der Waals surface area contributed by atoms with Crippen molar-refractivity contribution in [2.24, 2.45) is 0 Å². The van der Waals surface area contributed by atoms with Gasteiger partial charge in [0, 0.05) is 19.9 Å². The molecule has 1 aliphatic rings. The smallest absolute Gasteiger partial charge is 0.360 e. The quantitative estimate of drug-likeness (QED) is 0.289. The fraction of sp³-hybridized carbons (Fsp3) is 0.600. The standard InChI is InChI=1S/C10H13N3O3/c1-7(14)9(12-11)10(16)13-6-4-2-3-5-8(13)15/h2-6H2,1H3. The monoisotopic (exact) mass is 223 g/mol. The summed E-state index contributed by atoms with van der Waals surface area (Å²) in [5.74, 6) is -1.77. The van der Waals surface area contributed by atoms with Crippen molar-refractivity contribution in [3.8, 4) is 0 Å². The Morgan fingerprint density at radius 2 is 2.00 bits per heavy atom. The third kappa shape index (κ3) is 2.61. The van der Waals surface area contributed by atoms with Crippen LogP contribution < -0.4 is 0 Å². The van der Waals surface area contributed by atoms with Crippen molar-refractivity contribution in [2.45, 2.75) is 32.6 Å². The van der Waals surface area contributed by atoms with Crippen LogP contribution in [0.25, 0.3) is 5.53 Å². The van der Waals surface area contributed by atoms with E-state index >= 15 is 0 Å². The van der Waals surface area contributed by atoms with E-state index in [4.69, 9.17) is 5.53 Å². The largest absolute Gasteiger partial charge is 0.421 e. The number of Topliss-reactive ketones (excluding diaryl/α,β-unsaturated/α-hetero) is 1. The van der Waals surface area contributed by atoms with Gasteiger partial charge < -0.3 is 5.53 Å². The van der Waals surface area contributed by atoms with E-state index in [1.807, 2.05) is 0 Å². The van der Waals surface area contributed by atoms with Crippen LogP contribution in [0.5, 0.6) is 0 Å². The minimum absolute atomic E-state index is 0.282. The number of carbonyl (C=O) groups excluding carboxylic acids is 3. The van der Waals surface area contributed by atoms with Crippen LogP contribution >= 0.6 is 0 Å². The van der Waals surface area contributed by atoms with E-state index in [1.165, 1.54) is 0 Å². The Hall–Kier alpha value is -1.81. The lowest BCUT2D eigenvalue weighted by Crippen LogP contribution is -2.43. The Kier molecular flexibility index (Phi) is 4.08. The molecule has 16 heavy (non-hydrogen) atoms. The van der Waals surface area contributed by atoms with Crippen LogP contribution in [-0.2, 0) is 14.4 Å². The van der Waals surface area contributed by atoms with Gasteiger partial charge in [-0.25, -0.2) is 0 Å². The summed E-state index contributed by atoms with van der Waals surface area (Å²) in [6.07, 6.45) is 2.63. The highest BCUT2D eigenvalue weighted by molar-refractivity contribution is 6.63. The molecule has 0 aromatic rings. The maximum atomic E-state index is 11.7. The molecule has 6 heteroatoms. The minimum atomic E-state index is -0.804. The van der Waals surface area contributed by atoms with Gasteiger partial charge in [0.1, 0.15) is 0 Å². The van der Waals surface area contributed by atoms with Gasteiger partial charge in [-0.15, -0.1) is 0 Å². The molecule has 0 radical (unpaired) electrons. The Morgan fingerprint density at radius 1 is 1.31 bits per heavy atom. The van der Waals surface area contributed by atoms with Crippen LogP contribution in [0.2, 0.25) is 0 Å². The van der Waals surface area contributed by atoms with Crippen LogP contribution in [0.3, 0.4) is 0 Å². The van der Waals surface area contributed by atoms with Gasteiger partial charge in [-0.3, -0.25) is 19.3 Å². The van der Waals surface area contributed by atoms with E-state index in [1.54, 1.807) is 0 Å². The highest BCUT2D eigenvalue weighted by Gasteiger charge is 2.34. The number of amides is 2. The third-order valence-corrected chi connectivity index (χ3v) is 2.45. The lowest BCUT2D eigenvalue weighted by molar-refractivity contribution is -0.143. The second-order valence-corrected chi connectivity index (χ2v) is 3.67. The second-order valence-electron chi connectivity index (χ2n) is 3.67. The average Bonchev–Trinajstić information content (AvgIpc) is 2.43. The molecule has 0 bridgehead atoms. The molecule has 86 valence electrons. The predicted molar refractivity (Wildman–Crippen MR) is 54.5 cm³/mol. The van der Waals surface area contributed by atoms with Crippen molar-refractivity contribution in [2.75, 3.05) is 6.54 Å². The van der Waals surface area contributed by atoms with Crippen molar-refractivity contribution in [3.05, 3.63) is 5.53 Å². The molecule has 6 nitrogen and oxygen atoms in total. The summed E-state index contributed by atoms with van der Waals surface area (Å²) in [5, 5.41) is 0. The zero-order valence-electron chi connectivity index (χ0n) is 9.10. The van der Waals surface area contributed by atoms with E-state index in [-0.39, 0.29) is 12.5 Å². The molecule has 1 saturated heterocycles. The molecule has 0 atom stereocenters. The number of nitrogens with zero attached hydrogens (tertiary/aromatic N) is 3. The Bertz CT molecular complexity index is 383. The van der Waals surface area contributed by atoms with Crippen LogP contribution in [-0.4, -0.2) is 39.5 Å². The molecule has 1 heterocycles. The minimum Gasteiger partial charge on any atom is -0.360 e. The zero-order valence-corrected chi connectivity index (χ0v) is 9.10. The lowest BCUT2D eigenvalue weighted by atomic mass is 10.2. The number of hydrogen-bond donors (Lipinski definition) is 0. The predicted octanol–water partition coefficient (Wildman–Crippen LogP) is 0.175. The number of hydrogen-bond acceptors (Lipinski definition) is 3. The van der Waals surface area contributed by atoms with Crippen molar-refractivity contribution < 1.29 is 19.2 Å². The highest BCUT2D eigenvalue weighted by atomic mass is 16.2. The van der Waals surface area contributed by atoms with Crippen LogP contribution in [0.4, 0.5) is 0 Å². The summed E-state index contributed by atoms with van der Waals surface area (Å²) >= 11 is 0. The first-order chi connectivity index (χ1) is 7.57. The van der Waals surface area contributed by atoms with Crippen molar-refractivity contribution in [1.82, 2.24) is 4.90 Å². The van der Waals surface area contributed by atoms with Crippen molar-refractivity contribution >= 4 is 23.3 Å². The number of rotatable bonds is 2. The number of ketones is 1. The summed E-state index contributed by atoms with van der Waals surface area (Å²) in [6, 6.07) is 0. The van der Waals surface area contributed by atoms with Crippen LogP contribution in [0.1, 0.15) is 32.6 Å². The van der Waals surface area contributed by atoms with Gasteiger partial charge >= 0.3 is 11.6 Å². The lowest BCUT2D eigenvalue weighted by Gasteiger charge is -2.14. The molecule has 1 fully saturated rings. The second kappa shape index (κ2) is 5.32. The summed E-state index contributed by atoms with van der Waals surface area (Å²) in [5.41, 5.74) is 7.97. The van der Waals surface area contributed by atoms with Crippen LogP contribution in [0.15, 0.2) is 0 Å². The molecule has 0 spiro atoms. The molecule has 0 N–H and O–H groups in total. The Balaban J connectivity index is 2.90. The highest BCUT2D eigenvalue weighted by Crippen LogP contribution is 2.11. The molecule has 0 aliphatic carbocycles. The average molecular weight is 223 g/mol. The molecule has 0 unspecified atom stereocenters. The molecule has 0 saturated carbocycles. The normalized spacial score (nSPS) is 16.3. The maximum absolute atomic E-state index is 11.7. The fourth-order valence-electron chi connectivity index (χ4n) is 1.59. The van der Waals surface area contributed by atoms with E-state index in [0.717, 1.165) is 24.7 Å². The molecular weight excluding hydrogens is 210 g/mol. The molecule has 0 aromatic heterocycles. The molecule has 1 rings (SSSR count). The SMILES string of the molecule is CC(=O)C(=[N+]=[N-])C(=O)N1CCCCCC1=O. The van der Waals surface area contributed by atoms with Gasteiger partial charge in [0.05, 0.1) is 0 Å². The third-order valence-electron chi connectivity index (χ3n) is 2.45. The molecule has 1 aliphatic heterocycles. The maximum Gasteiger partial charge on any atom is 0.421 e. The summed E-state index contributed by atoms with van der Waals surface area (Å²) in [4.78, 5) is 37.9. The summed E-state index contributed by atoms with van der Waals surface area (Å²) < 4.78 is 0. The first-order valence-electron chi connectivity index (χ1n) is 5.15. The van der Waals surface area contributed by atoms with E-state index in [9.17, 15) is 14.4 Å². The van der Waals surface area contributed by atoms with Crippen molar-refractivity contribution in [1.29, 1.82) is 0 Å². The molecule has 2 amide bonds. The topological polar surface area (TPSA) is 90.8 Å². The van der Waals surface area contributed by atoms with Crippen molar-refractivity contribution in [3.63, 3.8) is 0 Å². The molecular formula is C10H13N3O3.